The number of ether oxygens (including phenoxy) is 1. The van der Waals surface area contributed by atoms with E-state index in [1.165, 1.54) is 11.3 Å². The molecular formula is C24H24N4O3S2. The highest BCUT2D eigenvalue weighted by Gasteiger charge is 2.22. The molecule has 0 saturated carbocycles. The van der Waals surface area contributed by atoms with Crippen molar-refractivity contribution in [2.24, 2.45) is 0 Å². The quantitative estimate of drug-likeness (QED) is 0.541. The van der Waals surface area contributed by atoms with Crippen LogP contribution in [0.15, 0.2) is 66.0 Å². The summed E-state index contributed by atoms with van der Waals surface area (Å²) in [5, 5.41) is 7.87. The highest BCUT2D eigenvalue weighted by atomic mass is 32.1. The molecule has 2 aromatic carbocycles. The summed E-state index contributed by atoms with van der Waals surface area (Å²) in [6, 6.07) is 18.4. The van der Waals surface area contributed by atoms with Crippen LogP contribution < -0.4 is 20.3 Å². The number of rotatable bonds is 5. The lowest BCUT2D eigenvalue weighted by Crippen LogP contribution is -2.48. The number of carbonyl (C=O) groups is 2. The number of hydrogen-bond donors (Lipinski definition) is 2. The Bertz CT molecular complexity index is 1110. The van der Waals surface area contributed by atoms with E-state index in [0.29, 0.717) is 24.4 Å². The molecule has 9 heteroatoms. The number of methoxy groups -OCH3 is 1. The number of thiophene rings is 1. The molecule has 2 amide bonds. The summed E-state index contributed by atoms with van der Waals surface area (Å²) in [7, 11) is 1.58. The molecule has 1 aliphatic rings. The fraction of sp³-hybridized carbons (Fsp3) is 0.208. The van der Waals surface area contributed by atoms with E-state index in [1.807, 2.05) is 46.7 Å². The Kier molecular flexibility index (Phi) is 7.21. The van der Waals surface area contributed by atoms with Crippen molar-refractivity contribution >= 4 is 51.9 Å². The molecule has 4 rings (SSSR count). The summed E-state index contributed by atoms with van der Waals surface area (Å²) in [4.78, 5) is 29.8. The first-order valence-corrected chi connectivity index (χ1v) is 11.8. The van der Waals surface area contributed by atoms with Gasteiger partial charge in [0.15, 0.2) is 5.11 Å². The molecule has 0 radical (unpaired) electrons. The van der Waals surface area contributed by atoms with Crippen LogP contribution in [0, 0.1) is 0 Å². The molecule has 2 N–H and O–H groups in total. The van der Waals surface area contributed by atoms with Crippen LogP contribution in [0.1, 0.15) is 20.0 Å². The highest BCUT2D eigenvalue weighted by Crippen LogP contribution is 2.21. The molecule has 7 nitrogen and oxygen atoms in total. The third kappa shape index (κ3) is 5.68. The molecule has 1 fully saturated rings. The van der Waals surface area contributed by atoms with Crippen LogP contribution in [0.4, 0.5) is 11.4 Å². The summed E-state index contributed by atoms with van der Waals surface area (Å²) in [5.41, 5.74) is 2.36. The Hall–Kier alpha value is -3.43. The van der Waals surface area contributed by atoms with Crippen LogP contribution in [0.25, 0.3) is 0 Å². The number of hydrogen-bond acceptors (Lipinski definition) is 6. The van der Waals surface area contributed by atoms with Crippen molar-refractivity contribution in [1.82, 2.24) is 10.2 Å². The molecule has 33 heavy (non-hydrogen) atoms. The molecule has 0 spiro atoms. The summed E-state index contributed by atoms with van der Waals surface area (Å²) < 4.78 is 5.10. The van der Waals surface area contributed by atoms with E-state index in [1.54, 1.807) is 31.4 Å². The van der Waals surface area contributed by atoms with Gasteiger partial charge in [-0.25, -0.2) is 0 Å². The Labute approximate surface area is 202 Å². The monoisotopic (exact) mass is 480 g/mol. The van der Waals surface area contributed by atoms with Crippen molar-refractivity contribution in [3.05, 3.63) is 76.5 Å². The smallest absolute Gasteiger partial charge is 0.264 e. The van der Waals surface area contributed by atoms with Gasteiger partial charge in [0, 0.05) is 43.1 Å². The second kappa shape index (κ2) is 10.5. The lowest BCUT2D eigenvalue weighted by Gasteiger charge is -2.36. The van der Waals surface area contributed by atoms with Crippen molar-refractivity contribution < 1.29 is 14.3 Å². The fourth-order valence-corrected chi connectivity index (χ4v) is 4.46. The second-order valence-corrected chi connectivity index (χ2v) is 8.80. The van der Waals surface area contributed by atoms with Gasteiger partial charge in [-0.05, 0) is 72.2 Å². The molecular weight excluding hydrogens is 456 g/mol. The van der Waals surface area contributed by atoms with Crippen molar-refractivity contribution in [3.8, 4) is 5.75 Å². The van der Waals surface area contributed by atoms with Gasteiger partial charge in [-0.15, -0.1) is 11.3 Å². The Balaban J connectivity index is 1.27. The molecule has 0 bridgehead atoms. The third-order valence-corrected chi connectivity index (χ3v) is 6.43. The van der Waals surface area contributed by atoms with Crippen LogP contribution >= 0.6 is 23.6 Å². The topological polar surface area (TPSA) is 73.9 Å². The number of nitrogens with one attached hydrogen (secondary N) is 2. The van der Waals surface area contributed by atoms with Gasteiger partial charge in [0.1, 0.15) is 5.75 Å². The van der Waals surface area contributed by atoms with E-state index in [2.05, 4.69) is 15.5 Å². The lowest BCUT2D eigenvalue weighted by atomic mass is 10.2. The van der Waals surface area contributed by atoms with Crippen molar-refractivity contribution in [3.63, 3.8) is 0 Å². The normalized spacial score (nSPS) is 13.4. The van der Waals surface area contributed by atoms with Crippen LogP contribution in [0.3, 0.4) is 0 Å². The molecule has 1 saturated heterocycles. The maximum Gasteiger partial charge on any atom is 0.264 e. The number of carbonyl (C=O) groups excluding carboxylic acids is 2. The van der Waals surface area contributed by atoms with Crippen LogP contribution in [-0.4, -0.2) is 55.1 Å². The van der Waals surface area contributed by atoms with Gasteiger partial charge in [-0.2, -0.15) is 0 Å². The largest absolute Gasteiger partial charge is 0.497 e. The number of piperazine rings is 1. The van der Waals surface area contributed by atoms with Gasteiger partial charge in [-0.3, -0.25) is 14.9 Å². The van der Waals surface area contributed by atoms with E-state index < -0.39 is 0 Å². The van der Waals surface area contributed by atoms with E-state index in [-0.39, 0.29) is 16.9 Å². The first kappa shape index (κ1) is 22.8. The molecule has 1 aromatic heterocycles. The van der Waals surface area contributed by atoms with Crippen molar-refractivity contribution in [2.45, 2.75) is 0 Å². The summed E-state index contributed by atoms with van der Waals surface area (Å²) >= 11 is 6.75. The van der Waals surface area contributed by atoms with Gasteiger partial charge in [0.2, 0.25) is 0 Å². The van der Waals surface area contributed by atoms with Gasteiger partial charge >= 0.3 is 0 Å². The summed E-state index contributed by atoms with van der Waals surface area (Å²) in [6.45, 7) is 2.94. The van der Waals surface area contributed by atoms with Crippen LogP contribution in [-0.2, 0) is 0 Å². The first-order valence-electron chi connectivity index (χ1n) is 10.5. The number of nitrogens with zero attached hydrogens (tertiary/aromatic N) is 2. The summed E-state index contributed by atoms with van der Waals surface area (Å²) in [6.07, 6.45) is 0. The van der Waals surface area contributed by atoms with Gasteiger partial charge < -0.3 is 19.9 Å². The molecule has 170 valence electrons. The van der Waals surface area contributed by atoms with E-state index in [4.69, 9.17) is 17.0 Å². The third-order valence-electron chi connectivity index (χ3n) is 5.37. The maximum absolute atomic E-state index is 12.5. The average Bonchev–Trinajstić information content (AvgIpc) is 3.39. The molecule has 0 unspecified atom stereocenters. The van der Waals surface area contributed by atoms with Gasteiger partial charge in [-0.1, -0.05) is 6.07 Å². The lowest BCUT2D eigenvalue weighted by molar-refractivity contribution is 0.0751. The minimum Gasteiger partial charge on any atom is -0.497 e. The molecule has 0 aliphatic carbocycles. The molecule has 0 atom stereocenters. The van der Waals surface area contributed by atoms with Gasteiger partial charge in [0.25, 0.3) is 11.8 Å². The van der Waals surface area contributed by atoms with E-state index in [0.717, 1.165) is 29.3 Å². The van der Waals surface area contributed by atoms with E-state index >= 15 is 0 Å². The molecule has 1 aliphatic heterocycles. The Morgan fingerprint density at radius 3 is 2.27 bits per heavy atom. The minimum atomic E-state index is -0.290. The van der Waals surface area contributed by atoms with Crippen LogP contribution in [0.5, 0.6) is 5.75 Å². The average molecular weight is 481 g/mol. The fourth-order valence-electron chi connectivity index (χ4n) is 3.56. The Morgan fingerprint density at radius 2 is 1.67 bits per heavy atom. The summed E-state index contributed by atoms with van der Waals surface area (Å²) in [5.74, 6) is 0.499. The zero-order chi connectivity index (χ0) is 23.2. The van der Waals surface area contributed by atoms with Crippen molar-refractivity contribution in [1.29, 1.82) is 0 Å². The molecule has 2 heterocycles. The minimum absolute atomic E-state index is 0.106. The number of anilines is 2. The molecule has 3 aromatic rings. The first-order chi connectivity index (χ1) is 16.0. The standard InChI is InChI=1S/C24H24N4O3S2/c1-31-20-10-4-17(5-11-20)22(29)26-24(32)25-18-6-8-19(9-7-18)27-12-14-28(15-13-27)23(30)21-3-2-16-33-21/h2-11,16H,12-15H2,1H3,(H2,25,26,29,32). The predicted octanol–water partition coefficient (Wildman–Crippen LogP) is 3.85. The number of benzene rings is 2. The highest BCUT2D eigenvalue weighted by molar-refractivity contribution is 7.80. The maximum atomic E-state index is 12.5. The number of thiocarbonyl (C=S) groups is 1. The SMILES string of the molecule is COc1ccc(C(=O)NC(=S)Nc2ccc(N3CCN(C(=O)c4cccs4)CC3)cc2)cc1. The number of amides is 2. The zero-order valence-corrected chi connectivity index (χ0v) is 19.7. The van der Waals surface area contributed by atoms with Gasteiger partial charge in [0.05, 0.1) is 12.0 Å². The second-order valence-electron chi connectivity index (χ2n) is 7.44. The zero-order valence-electron chi connectivity index (χ0n) is 18.1. The Morgan fingerprint density at radius 1 is 0.970 bits per heavy atom. The van der Waals surface area contributed by atoms with Crippen molar-refractivity contribution in [2.75, 3.05) is 43.5 Å². The van der Waals surface area contributed by atoms with E-state index in [9.17, 15) is 9.59 Å². The predicted molar refractivity (Wildman–Crippen MR) is 136 cm³/mol. The van der Waals surface area contributed by atoms with Crippen LogP contribution in [0.2, 0.25) is 0 Å².